The topological polar surface area (TPSA) is 38.9 Å². The molecular weight excluding hydrogens is 788 g/mol. The van der Waals surface area contributed by atoms with Gasteiger partial charge < -0.3 is 14.4 Å². The first-order valence-electron chi connectivity index (χ1n) is 16.0. The van der Waals surface area contributed by atoms with E-state index in [2.05, 4.69) is 86.9 Å². The molecule has 7 aromatic rings. The maximum Gasteiger partial charge on any atom is 0.123 e. The van der Waals surface area contributed by atoms with Crippen LogP contribution in [0.25, 0.3) is 55.6 Å². The molecule has 0 fully saturated rings. The van der Waals surface area contributed by atoms with Crippen LogP contribution in [0.5, 0.6) is 0 Å². The van der Waals surface area contributed by atoms with Gasteiger partial charge in [0.05, 0.1) is 13.7 Å². The van der Waals surface area contributed by atoms with Gasteiger partial charge in [-0.15, -0.1) is 53.6 Å². The second-order valence-electron chi connectivity index (χ2n) is 13.4. The molecule has 48 heavy (non-hydrogen) atoms. The molecule has 4 aromatic carbocycles. The Morgan fingerprint density at radius 1 is 0.812 bits per heavy atom. The Morgan fingerprint density at radius 2 is 1.56 bits per heavy atom. The minimum Gasteiger partial charge on any atom is -0.501 e. The Morgan fingerprint density at radius 3 is 2.23 bits per heavy atom. The molecule has 0 atom stereocenters. The van der Waals surface area contributed by atoms with Crippen molar-refractivity contribution >= 4 is 35.2 Å². The molecule has 0 aliphatic rings. The molecule has 0 amide bonds. The molecule has 0 N–H and O–H groups in total. The number of aryl methyl sites for hydroxylation is 2. The average Bonchev–Trinajstić information content (AvgIpc) is 3.45. The van der Waals surface area contributed by atoms with Gasteiger partial charge in [0.25, 0.3) is 0 Å². The van der Waals surface area contributed by atoms with Gasteiger partial charge in [0.2, 0.25) is 0 Å². The smallest absolute Gasteiger partial charge is 0.123 e. The fraction of sp³-hybridized carbons (Fsp3) is 0.190. The second kappa shape index (κ2) is 14.5. The molecule has 245 valence electrons. The van der Waals surface area contributed by atoms with Crippen molar-refractivity contribution in [2.75, 3.05) is 0 Å². The van der Waals surface area contributed by atoms with Gasteiger partial charge >= 0.3 is 0 Å². The molecule has 0 unspecified atom stereocenters. The summed E-state index contributed by atoms with van der Waals surface area (Å²) < 4.78 is 19.5. The van der Waals surface area contributed by atoms with Gasteiger partial charge in [-0.05, 0) is 64.8 Å². The number of halogens is 1. The van der Waals surface area contributed by atoms with Gasteiger partial charge in [0.1, 0.15) is 11.4 Å². The normalized spacial score (nSPS) is 11.4. The van der Waals surface area contributed by atoms with Gasteiger partial charge in [0.15, 0.2) is 0 Å². The van der Waals surface area contributed by atoms with E-state index >= 15 is 0 Å². The number of benzene rings is 4. The quantitative estimate of drug-likeness (QED) is 0.128. The molecule has 0 saturated carbocycles. The van der Waals surface area contributed by atoms with E-state index in [9.17, 15) is 4.39 Å². The average molecular weight is 827 g/mol. The first-order chi connectivity index (χ1) is 22.5. The van der Waals surface area contributed by atoms with Gasteiger partial charge in [-0.25, -0.2) is 4.39 Å². The molecule has 0 saturated heterocycles. The van der Waals surface area contributed by atoms with Gasteiger partial charge in [-0.3, -0.25) is 0 Å². The van der Waals surface area contributed by atoms with E-state index < -0.39 is 8.07 Å². The van der Waals surface area contributed by atoms with Crippen LogP contribution in [0.4, 0.5) is 4.39 Å². The summed E-state index contributed by atoms with van der Waals surface area (Å²) in [6.45, 7) is 15.8. The van der Waals surface area contributed by atoms with Crippen LogP contribution >= 0.6 is 0 Å². The Bertz CT molecular complexity index is 2190. The standard InChI is InChI=1S/C25H17FNO.C17H22NSi.Ir/c1-15-11-12-27-22(13-15)20-9-3-16(2)24-21-10-6-18(14-23(21)28-25(20)24)17-4-7-19(26)8-5-17;1-13(2)15-11-16(14-9-7-6-8-10-14)18-12-17(15)19(3,4)5;/h3-8,10-14H,1-2H3;6-9,11-13H,1-5H3;/q2*-1;. The van der Waals surface area contributed by atoms with Crippen LogP contribution in [0.1, 0.15) is 36.5 Å². The fourth-order valence-corrected chi connectivity index (χ4v) is 7.62. The molecule has 3 aromatic heterocycles. The molecule has 7 rings (SSSR count). The van der Waals surface area contributed by atoms with Crippen LogP contribution in [0.15, 0.2) is 108 Å². The maximum absolute atomic E-state index is 13.2. The summed E-state index contributed by atoms with van der Waals surface area (Å²) in [5.74, 6) is 0.294. The minimum absolute atomic E-state index is 0. The predicted octanol–water partition coefficient (Wildman–Crippen LogP) is 11.1. The van der Waals surface area contributed by atoms with Crippen molar-refractivity contribution in [3.63, 3.8) is 0 Å². The minimum atomic E-state index is -1.34. The van der Waals surface area contributed by atoms with Crippen molar-refractivity contribution < 1.29 is 28.9 Å². The van der Waals surface area contributed by atoms with Gasteiger partial charge in [-0.1, -0.05) is 98.9 Å². The van der Waals surface area contributed by atoms with Crippen LogP contribution < -0.4 is 5.19 Å². The van der Waals surface area contributed by atoms with Crippen LogP contribution in [-0.4, -0.2) is 18.0 Å². The number of hydrogen-bond donors (Lipinski definition) is 0. The summed E-state index contributed by atoms with van der Waals surface area (Å²) in [5.41, 5.74) is 11.1. The van der Waals surface area contributed by atoms with Crippen LogP contribution in [-0.2, 0) is 20.1 Å². The largest absolute Gasteiger partial charge is 0.501 e. The molecule has 0 aliphatic carbocycles. The third kappa shape index (κ3) is 7.42. The molecule has 3 nitrogen and oxygen atoms in total. The molecule has 6 heteroatoms. The molecular formula is C42H39FIrN2OSi-2. The number of fused-ring (bicyclic) bond motifs is 3. The van der Waals surface area contributed by atoms with Crippen molar-refractivity contribution in [1.82, 2.24) is 9.97 Å². The molecule has 1 radical (unpaired) electrons. The Hall–Kier alpha value is -4.22. The van der Waals surface area contributed by atoms with E-state index in [4.69, 9.17) is 4.42 Å². The van der Waals surface area contributed by atoms with E-state index in [0.29, 0.717) is 5.92 Å². The molecule has 0 spiro atoms. The van der Waals surface area contributed by atoms with Crippen LogP contribution in [0.3, 0.4) is 0 Å². The van der Waals surface area contributed by atoms with Crippen LogP contribution in [0.2, 0.25) is 19.6 Å². The number of furan rings is 1. The van der Waals surface area contributed by atoms with Crippen molar-refractivity contribution in [2.24, 2.45) is 0 Å². The number of rotatable bonds is 5. The second-order valence-corrected chi connectivity index (χ2v) is 18.5. The zero-order valence-corrected chi connectivity index (χ0v) is 31.8. The first kappa shape index (κ1) is 35.1. The summed E-state index contributed by atoms with van der Waals surface area (Å²) in [5, 5.41) is 3.61. The zero-order chi connectivity index (χ0) is 33.3. The van der Waals surface area contributed by atoms with Crippen molar-refractivity contribution in [3.8, 4) is 33.6 Å². The van der Waals surface area contributed by atoms with Crippen LogP contribution in [0, 0.1) is 31.8 Å². The van der Waals surface area contributed by atoms with Gasteiger partial charge in [0, 0.05) is 37.9 Å². The summed E-state index contributed by atoms with van der Waals surface area (Å²) in [6, 6.07) is 35.5. The van der Waals surface area contributed by atoms with Crippen molar-refractivity contribution in [3.05, 3.63) is 138 Å². The van der Waals surface area contributed by atoms with E-state index in [1.165, 1.54) is 22.9 Å². The number of hydrogen-bond acceptors (Lipinski definition) is 3. The number of nitrogens with zero attached hydrogens (tertiary/aromatic N) is 2. The number of pyridine rings is 2. The summed E-state index contributed by atoms with van der Waals surface area (Å²) in [6.07, 6.45) is 3.90. The molecule has 0 bridgehead atoms. The van der Waals surface area contributed by atoms with E-state index in [1.807, 2.05) is 55.5 Å². The molecule has 0 aliphatic heterocycles. The summed E-state index contributed by atoms with van der Waals surface area (Å²) >= 11 is 0. The van der Waals surface area contributed by atoms with Gasteiger partial charge in [-0.2, -0.15) is 0 Å². The summed E-state index contributed by atoms with van der Waals surface area (Å²) in [7, 11) is -1.34. The zero-order valence-electron chi connectivity index (χ0n) is 28.4. The van der Waals surface area contributed by atoms with Crippen molar-refractivity contribution in [2.45, 2.75) is 53.3 Å². The maximum atomic E-state index is 13.2. The Balaban J connectivity index is 0.000000198. The van der Waals surface area contributed by atoms with Crippen molar-refractivity contribution in [1.29, 1.82) is 0 Å². The predicted molar refractivity (Wildman–Crippen MR) is 196 cm³/mol. The van der Waals surface area contributed by atoms with E-state index in [-0.39, 0.29) is 25.9 Å². The third-order valence-corrected chi connectivity index (χ3v) is 10.5. The monoisotopic (exact) mass is 827 g/mol. The van der Waals surface area contributed by atoms with E-state index in [0.717, 1.165) is 66.7 Å². The SMILES string of the molecule is CC(C)c1cc(-c2[c-]cccc2)ncc1[Si](C)(C)C.Cc1ccnc(-c2[c-]cc(C)c3c2oc2cc(-c4ccc(F)cc4)ccc23)c1.[Ir]. The molecule has 3 heterocycles. The third-order valence-electron chi connectivity index (χ3n) is 8.44. The number of aromatic nitrogens is 2. The van der Waals surface area contributed by atoms with E-state index in [1.54, 1.807) is 18.3 Å². The fourth-order valence-electron chi connectivity index (χ4n) is 5.94. The summed E-state index contributed by atoms with van der Waals surface area (Å²) in [4.78, 5) is 9.17. The first-order valence-corrected chi connectivity index (χ1v) is 19.5. The Kier molecular flexibility index (Phi) is 10.6. The Labute approximate surface area is 297 Å².